The molecule has 0 saturated carbocycles. The molecule has 0 saturated heterocycles. The summed E-state index contributed by atoms with van der Waals surface area (Å²) >= 11 is 0. The summed E-state index contributed by atoms with van der Waals surface area (Å²) in [5.41, 5.74) is 9.97. The molecule has 2 aromatic carbocycles. The molecule has 0 unspecified atom stereocenters. The summed E-state index contributed by atoms with van der Waals surface area (Å²) in [6, 6.07) is 12.8. The van der Waals surface area contributed by atoms with Crippen molar-refractivity contribution >= 4 is 16.7 Å². The van der Waals surface area contributed by atoms with Gasteiger partial charge in [-0.2, -0.15) is 0 Å². The second-order valence-electron chi connectivity index (χ2n) is 5.00. The van der Waals surface area contributed by atoms with E-state index in [9.17, 15) is 4.79 Å². The number of para-hydroxylation sites is 1. The first-order chi connectivity index (χ1) is 9.56. The Labute approximate surface area is 116 Å². The summed E-state index contributed by atoms with van der Waals surface area (Å²) in [7, 11) is 0. The maximum atomic E-state index is 12.2. The molecule has 20 heavy (non-hydrogen) atoms. The van der Waals surface area contributed by atoms with E-state index in [1.807, 2.05) is 44.2 Å². The zero-order chi connectivity index (χ0) is 14.3. The average molecular weight is 265 g/mol. The van der Waals surface area contributed by atoms with Gasteiger partial charge >= 0.3 is 0 Å². The molecule has 1 aromatic heterocycles. The maximum absolute atomic E-state index is 12.2. The topological polar surface area (TPSA) is 56.2 Å². The van der Waals surface area contributed by atoms with Crippen LogP contribution in [0.3, 0.4) is 0 Å². The lowest BCUT2D eigenvalue weighted by Gasteiger charge is -2.07. The van der Waals surface area contributed by atoms with Crippen LogP contribution in [0.25, 0.3) is 22.3 Å². The van der Waals surface area contributed by atoms with E-state index in [1.54, 1.807) is 6.07 Å². The molecular formula is C17H15NO2. The van der Waals surface area contributed by atoms with E-state index in [1.165, 1.54) is 6.07 Å². The molecule has 0 spiro atoms. The first-order valence-corrected chi connectivity index (χ1v) is 6.46. The molecule has 3 rings (SSSR count). The van der Waals surface area contributed by atoms with Gasteiger partial charge in [-0.3, -0.25) is 4.79 Å². The van der Waals surface area contributed by atoms with Crippen LogP contribution < -0.4 is 11.2 Å². The van der Waals surface area contributed by atoms with Crippen LogP contribution in [-0.2, 0) is 0 Å². The lowest BCUT2D eigenvalue weighted by Crippen LogP contribution is -2.01. The number of nitrogens with two attached hydrogens (primary N) is 1. The molecule has 0 amide bonds. The maximum Gasteiger partial charge on any atom is 0.193 e. The predicted octanol–water partition coefficient (Wildman–Crippen LogP) is 3.66. The van der Waals surface area contributed by atoms with E-state index in [4.69, 9.17) is 10.2 Å². The number of fused-ring (bicyclic) bond motifs is 1. The smallest absolute Gasteiger partial charge is 0.193 e. The average Bonchev–Trinajstić information content (AvgIpc) is 2.43. The van der Waals surface area contributed by atoms with Gasteiger partial charge in [0.25, 0.3) is 0 Å². The minimum Gasteiger partial charge on any atom is -0.456 e. The quantitative estimate of drug-likeness (QED) is 0.683. The van der Waals surface area contributed by atoms with Crippen molar-refractivity contribution in [1.82, 2.24) is 0 Å². The fourth-order valence-corrected chi connectivity index (χ4v) is 2.25. The van der Waals surface area contributed by atoms with E-state index in [-0.39, 0.29) is 5.43 Å². The van der Waals surface area contributed by atoms with Crippen LogP contribution in [0, 0.1) is 13.8 Å². The van der Waals surface area contributed by atoms with E-state index >= 15 is 0 Å². The van der Waals surface area contributed by atoms with Gasteiger partial charge in [0.05, 0.1) is 5.39 Å². The number of anilines is 1. The lowest BCUT2D eigenvalue weighted by molar-refractivity contribution is 0.616. The summed E-state index contributed by atoms with van der Waals surface area (Å²) < 4.78 is 5.90. The third-order valence-corrected chi connectivity index (χ3v) is 3.52. The fraction of sp³-hybridized carbons (Fsp3) is 0.118. The molecule has 0 aliphatic rings. The molecule has 1 heterocycles. The molecular weight excluding hydrogens is 250 g/mol. The molecule has 0 bridgehead atoms. The van der Waals surface area contributed by atoms with Gasteiger partial charge in [-0.05, 0) is 37.1 Å². The highest BCUT2D eigenvalue weighted by Gasteiger charge is 2.09. The highest BCUT2D eigenvalue weighted by Crippen LogP contribution is 2.26. The fourth-order valence-electron chi connectivity index (χ4n) is 2.25. The minimum absolute atomic E-state index is 0.0379. The number of nitrogen functional groups attached to an aromatic ring is 1. The number of benzene rings is 2. The molecule has 3 heteroatoms. The predicted molar refractivity (Wildman–Crippen MR) is 81.8 cm³/mol. The normalized spacial score (nSPS) is 10.9. The third-order valence-electron chi connectivity index (χ3n) is 3.52. The van der Waals surface area contributed by atoms with Gasteiger partial charge < -0.3 is 10.2 Å². The Balaban J connectivity index is 2.29. The van der Waals surface area contributed by atoms with Gasteiger partial charge in [0.2, 0.25) is 0 Å². The number of aryl methyl sites for hydroxylation is 2. The summed E-state index contributed by atoms with van der Waals surface area (Å²) in [5.74, 6) is 0.545. The van der Waals surface area contributed by atoms with Gasteiger partial charge in [0.1, 0.15) is 11.3 Å². The van der Waals surface area contributed by atoms with Crippen LogP contribution in [0.5, 0.6) is 0 Å². The minimum atomic E-state index is -0.0379. The number of hydrogen-bond acceptors (Lipinski definition) is 3. The highest BCUT2D eigenvalue weighted by molar-refractivity contribution is 5.81. The van der Waals surface area contributed by atoms with Crippen LogP contribution in [0.15, 0.2) is 51.7 Å². The second kappa shape index (κ2) is 4.53. The van der Waals surface area contributed by atoms with E-state index in [0.717, 1.165) is 16.7 Å². The van der Waals surface area contributed by atoms with Crippen molar-refractivity contribution in [2.45, 2.75) is 13.8 Å². The van der Waals surface area contributed by atoms with E-state index < -0.39 is 0 Å². The first-order valence-electron chi connectivity index (χ1n) is 6.46. The molecule has 100 valence electrons. The monoisotopic (exact) mass is 265 g/mol. The Morgan fingerprint density at radius 1 is 1.00 bits per heavy atom. The number of rotatable bonds is 1. The van der Waals surface area contributed by atoms with Crippen LogP contribution in [0.1, 0.15) is 11.1 Å². The Morgan fingerprint density at radius 3 is 2.55 bits per heavy atom. The van der Waals surface area contributed by atoms with E-state index in [2.05, 4.69) is 0 Å². The van der Waals surface area contributed by atoms with Crippen molar-refractivity contribution in [3.63, 3.8) is 0 Å². The van der Waals surface area contributed by atoms with Crippen LogP contribution in [-0.4, -0.2) is 0 Å². The summed E-state index contributed by atoms with van der Waals surface area (Å²) in [6.07, 6.45) is 0. The summed E-state index contributed by atoms with van der Waals surface area (Å²) in [5, 5.41) is 0.605. The first kappa shape index (κ1) is 12.5. The van der Waals surface area contributed by atoms with E-state index in [0.29, 0.717) is 22.4 Å². The van der Waals surface area contributed by atoms with Gasteiger partial charge in [-0.1, -0.05) is 24.3 Å². The highest BCUT2D eigenvalue weighted by atomic mass is 16.3. The van der Waals surface area contributed by atoms with Crippen molar-refractivity contribution in [2.24, 2.45) is 0 Å². The van der Waals surface area contributed by atoms with Crippen LogP contribution in [0.2, 0.25) is 0 Å². The van der Waals surface area contributed by atoms with Gasteiger partial charge in [0, 0.05) is 17.3 Å². The standard InChI is InChI=1S/C17H15NO2/c1-10-6-7-12(8-14(10)18)16-9-15(19)13-5-3-4-11(2)17(13)20-16/h3-9H,18H2,1-2H3. The SMILES string of the molecule is Cc1ccc(-c2cc(=O)c3cccc(C)c3o2)cc1N. The zero-order valence-electron chi connectivity index (χ0n) is 11.4. The number of hydrogen-bond donors (Lipinski definition) is 1. The molecule has 0 radical (unpaired) electrons. The van der Waals surface area contributed by atoms with Crippen LogP contribution >= 0.6 is 0 Å². The molecule has 0 fully saturated rings. The van der Waals surface area contributed by atoms with Crippen molar-refractivity contribution in [2.75, 3.05) is 5.73 Å². The molecule has 0 aliphatic carbocycles. The molecule has 3 nitrogen and oxygen atoms in total. The second-order valence-corrected chi connectivity index (χ2v) is 5.00. The van der Waals surface area contributed by atoms with Gasteiger partial charge in [-0.25, -0.2) is 0 Å². The Bertz CT molecular complexity index is 862. The molecule has 0 atom stereocenters. The zero-order valence-corrected chi connectivity index (χ0v) is 11.4. The third kappa shape index (κ3) is 1.97. The van der Waals surface area contributed by atoms with Crippen molar-refractivity contribution < 1.29 is 4.42 Å². The van der Waals surface area contributed by atoms with Crippen LogP contribution in [0.4, 0.5) is 5.69 Å². The Morgan fingerprint density at radius 2 is 1.80 bits per heavy atom. The summed E-state index contributed by atoms with van der Waals surface area (Å²) in [6.45, 7) is 3.87. The summed E-state index contributed by atoms with van der Waals surface area (Å²) in [4.78, 5) is 12.2. The van der Waals surface area contributed by atoms with Gasteiger partial charge in [-0.15, -0.1) is 0 Å². The molecule has 3 aromatic rings. The lowest BCUT2D eigenvalue weighted by atomic mass is 10.1. The Kier molecular flexibility index (Phi) is 2.83. The van der Waals surface area contributed by atoms with Gasteiger partial charge in [0.15, 0.2) is 5.43 Å². The van der Waals surface area contributed by atoms with Crippen molar-refractivity contribution in [1.29, 1.82) is 0 Å². The molecule has 0 aliphatic heterocycles. The molecule has 2 N–H and O–H groups in total. The van der Waals surface area contributed by atoms with Crippen molar-refractivity contribution in [3.8, 4) is 11.3 Å². The Hall–Kier alpha value is -2.55. The largest absolute Gasteiger partial charge is 0.456 e. The van der Waals surface area contributed by atoms with Crippen molar-refractivity contribution in [3.05, 3.63) is 63.8 Å².